The smallest absolute Gasteiger partial charge is 0.207 e. The topological polar surface area (TPSA) is 62.2 Å². The Bertz CT molecular complexity index is 393. The maximum absolute atomic E-state index is 8.26. The predicted molar refractivity (Wildman–Crippen MR) is 52.8 cm³/mol. The van der Waals surface area contributed by atoms with Gasteiger partial charge < -0.3 is 5.73 Å². The van der Waals surface area contributed by atoms with Gasteiger partial charge in [0.05, 0.1) is 10.0 Å². The molecule has 0 fully saturated rings. The molecule has 0 bridgehead atoms. The maximum atomic E-state index is 8.26. The molecule has 0 aliphatic carbocycles. The van der Waals surface area contributed by atoms with E-state index in [0.717, 1.165) is 0 Å². The van der Waals surface area contributed by atoms with Crippen molar-refractivity contribution in [3.63, 3.8) is 0 Å². The molecule has 0 heterocycles. The molecule has 1 aromatic rings. The van der Waals surface area contributed by atoms with E-state index >= 15 is 0 Å². The van der Waals surface area contributed by atoms with Crippen LogP contribution in [0.5, 0.6) is 0 Å². The summed E-state index contributed by atoms with van der Waals surface area (Å²) >= 11 is 11.6. The van der Waals surface area contributed by atoms with Crippen LogP contribution in [-0.4, -0.2) is 5.84 Å². The number of nitriles is 1. The number of nitrogens with two attached hydrogens (primary N) is 1. The monoisotopic (exact) mass is 213 g/mol. The number of aliphatic imine (C=N–C) groups is 1. The molecular weight excluding hydrogens is 209 g/mol. The maximum Gasteiger partial charge on any atom is 0.207 e. The summed E-state index contributed by atoms with van der Waals surface area (Å²) in [7, 11) is 0. The minimum Gasteiger partial charge on any atom is -0.382 e. The molecule has 0 amide bonds. The SMILES string of the molecule is N#CN=C(N)c1cccc(Cl)c1Cl. The number of nitrogens with zero attached hydrogens (tertiary/aromatic N) is 2. The molecule has 5 heteroatoms. The average Bonchev–Trinajstić information content (AvgIpc) is 2.10. The highest BCUT2D eigenvalue weighted by atomic mass is 35.5. The van der Waals surface area contributed by atoms with E-state index in [1.807, 2.05) is 0 Å². The van der Waals surface area contributed by atoms with Crippen molar-refractivity contribution in [3.8, 4) is 6.19 Å². The van der Waals surface area contributed by atoms with E-state index in [9.17, 15) is 0 Å². The van der Waals surface area contributed by atoms with Gasteiger partial charge in [0.25, 0.3) is 0 Å². The third kappa shape index (κ3) is 2.11. The fourth-order valence-electron chi connectivity index (χ4n) is 0.816. The Labute approximate surface area is 85.4 Å². The third-order valence-electron chi connectivity index (χ3n) is 1.40. The highest BCUT2D eigenvalue weighted by Crippen LogP contribution is 2.25. The van der Waals surface area contributed by atoms with Crippen molar-refractivity contribution in [2.75, 3.05) is 0 Å². The van der Waals surface area contributed by atoms with Gasteiger partial charge in [-0.15, -0.1) is 0 Å². The van der Waals surface area contributed by atoms with Crippen molar-refractivity contribution in [2.45, 2.75) is 0 Å². The second-order valence-corrected chi connectivity index (χ2v) is 2.98. The largest absolute Gasteiger partial charge is 0.382 e. The number of hydrogen-bond acceptors (Lipinski definition) is 2. The quantitative estimate of drug-likeness (QED) is 0.442. The van der Waals surface area contributed by atoms with E-state index in [1.54, 1.807) is 24.4 Å². The van der Waals surface area contributed by atoms with E-state index in [0.29, 0.717) is 15.6 Å². The summed E-state index contributed by atoms with van der Waals surface area (Å²) in [5.74, 6) is 0.0648. The van der Waals surface area contributed by atoms with Gasteiger partial charge in [-0.2, -0.15) is 10.3 Å². The Morgan fingerprint density at radius 2 is 2.15 bits per heavy atom. The van der Waals surface area contributed by atoms with Crippen LogP contribution in [0.4, 0.5) is 0 Å². The molecule has 0 unspecified atom stereocenters. The van der Waals surface area contributed by atoms with Crippen LogP contribution >= 0.6 is 23.2 Å². The second-order valence-electron chi connectivity index (χ2n) is 2.20. The lowest BCUT2D eigenvalue weighted by molar-refractivity contribution is 1.41. The van der Waals surface area contributed by atoms with Crippen molar-refractivity contribution in [1.82, 2.24) is 0 Å². The first kappa shape index (κ1) is 9.85. The summed E-state index contributed by atoms with van der Waals surface area (Å²) in [6, 6.07) is 4.96. The first-order valence-corrected chi connectivity index (χ1v) is 4.09. The molecule has 0 aliphatic heterocycles. The highest BCUT2D eigenvalue weighted by molar-refractivity contribution is 6.44. The van der Waals surface area contributed by atoms with Crippen molar-refractivity contribution < 1.29 is 0 Å². The zero-order valence-corrected chi connectivity index (χ0v) is 7.97. The molecule has 2 N–H and O–H groups in total. The molecule has 0 atom stereocenters. The molecule has 0 saturated carbocycles. The summed E-state index contributed by atoms with van der Waals surface area (Å²) in [6.45, 7) is 0. The summed E-state index contributed by atoms with van der Waals surface area (Å²) in [6.07, 6.45) is 1.57. The van der Waals surface area contributed by atoms with Crippen LogP contribution in [0.25, 0.3) is 0 Å². The Hall–Kier alpha value is -1.24. The normalized spacial score (nSPS) is 11.0. The molecule has 0 saturated heterocycles. The Balaban J connectivity index is 3.25. The van der Waals surface area contributed by atoms with Gasteiger partial charge in [0.15, 0.2) is 0 Å². The van der Waals surface area contributed by atoms with Gasteiger partial charge in [0.1, 0.15) is 5.84 Å². The number of halogens is 2. The van der Waals surface area contributed by atoms with Crippen molar-refractivity contribution in [2.24, 2.45) is 10.7 Å². The number of amidine groups is 1. The first-order chi connectivity index (χ1) is 6.16. The summed E-state index contributed by atoms with van der Waals surface area (Å²) in [4.78, 5) is 3.35. The van der Waals surface area contributed by atoms with Gasteiger partial charge in [-0.3, -0.25) is 0 Å². The van der Waals surface area contributed by atoms with Gasteiger partial charge >= 0.3 is 0 Å². The van der Waals surface area contributed by atoms with E-state index in [4.69, 9.17) is 34.2 Å². The van der Waals surface area contributed by atoms with E-state index in [1.165, 1.54) is 0 Å². The van der Waals surface area contributed by atoms with Gasteiger partial charge in [0.2, 0.25) is 6.19 Å². The lowest BCUT2D eigenvalue weighted by Crippen LogP contribution is -2.13. The number of hydrogen-bond donors (Lipinski definition) is 1. The van der Waals surface area contributed by atoms with E-state index in [-0.39, 0.29) is 5.84 Å². The zero-order valence-electron chi connectivity index (χ0n) is 6.46. The Kier molecular flexibility index (Phi) is 3.13. The number of rotatable bonds is 1. The molecular formula is C8H5Cl2N3. The lowest BCUT2D eigenvalue weighted by Gasteiger charge is -2.02. The molecule has 3 nitrogen and oxygen atoms in total. The zero-order chi connectivity index (χ0) is 9.84. The Morgan fingerprint density at radius 3 is 2.77 bits per heavy atom. The van der Waals surface area contributed by atoms with Crippen molar-refractivity contribution in [3.05, 3.63) is 33.8 Å². The van der Waals surface area contributed by atoms with Gasteiger partial charge in [-0.05, 0) is 12.1 Å². The van der Waals surface area contributed by atoms with Gasteiger partial charge in [-0.25, -0.2) is 0 Å². The highest BCUT2D eigenvalue weighted by Gasteiger charge is 2.06. The van der Waals surface area contributed by atoms with Crippen LogP contribution < -0.4 is 5.73 Å². The first-order valence-electron chi connectivity index (χ1n) is 3.33. The molecule has 1 rings (SSSR count). The second kappa shape index (κ2) is 4.13. The molecule has 66 valence electrons. The fourth-order valence-corrected chi connectivity index (χ4v) is 1.21. The molecule has 0 spiro atoms. The molecule has 13 heavy (non-hydrogen) atoms. The minimum atomic E-state index is 0.0648. The molecule has 0 aromatic heterocycles. The summed E-state index contributed by atoms with van der Waals surface area (Å²) in [5.41, 5.74) is 5.93. The van der Waals surface area contributed by atoms with Gasteiger partial charge in [-0.1, -0.05) is 29.3 Å². The predicted octanol–water partition coefficient (Wildman–Crippen LogP) is 2.18. The minimum absolute atomic E-state index is 0.0648. The number of benzene rings is 1. The van der Waals surface area contributed by atoms with Crippen LogP contribution in [-0.2, 0) is 0 Å². The fraction of sp³-hybridized carbons (Fsp3) is 0. The van der Waals surface area contributed by atoms with Crippen LogP contribution in [0.3, 0.4) is 0 Å². The molecule has 0 aliphatic rings. The summed E-state index contributed by atoms with van der Waals surface area (Å²) in [5, 5.41) is 8.96. The standard InChI is InChI=1S/C8H5Cl2N3/c9-6-3-1-2-5(7(6)10)8(12)13-4-11/h1-3H,(H2,12,13). The third-order valence-corrected chi connectivity index (χ3v) is 2.22. The molecule has 1 aromatic carbocycles. The van der Waals surface area contributed by atoms with Crippen LogP contribution in [0.1, 0.15) is 5.56 Å². The van der Waals surface area contributed by atoms with E-state index in [2.05, 4.69) is 4.99 Å². The van der Waals surface area contributed by atoms with Gasteiger partial charge in [0, 0.05) is 5.56 Å². The van der Waals surface area contributed by atoms with Crippen molar-refractivity contribution in [1.29, 1.82) is 5.26 Å². The lowest BCUT2D eigenvalue weighted by atomic mass is 10.2. The average molecular weight is 214 g/mol. The summed E-state index contributed by atoms with van der Waals surface area (Å²) < 4.78 is 0. The van der Waals surface area contributed by atoms with E-state index < -0.39 is 0 Å². The Morgan fingerprint density at radius 1 is 1.46 bits per heavy atom. The van der Waals surface area contributed by atoms with Crippen LogP contribution in [0.15, 0.2) is 23.2 Å². The van der Waals surface area contributed by atoms with Crippen molar-refractivity contribution >= 4 is 29.0 Å². The van der Waals surface area contributed by atoms with Crippen LogP contribution in [0.2, 0.25) is 10.0 Å². The molecule has 0 radical (unpaired) electrons. The van der Waals surface area contributed by atoms with Crippen LogP contribution in [0, 0.1) is 11.5 Å².